The van der Waals surface area contributed by atoms with Gasteiger partial charge in [0.05, 0.1) is 0 Å². The van der Waals surface area contributed by atoms with Gasteiger partial charge in [0.1, 0.15) is 15.1 Å². The summed E-state index contributed by atoms with van der Waals surface area (Å²) in [7, 11) is 0. The summed E-state index contributed by atoms with van der Waals surface area (Å²) >= 11 is 1.79. The topological polar surface area (TPSA) is 81.0 Å². The van der Waals surface area contributed by atoms with Crippen LogP contribution in [0.5, 0.6) is 11.6 Å². The Bertz CT molecular complexity index is 597. The number of aromatic amines is 1. The Kier molecular flexibility index (Phi) is 3.27. The molecule has 7 heteroatoms. The molecule has 1 aromatic heterocycles. The first kappa shape index (κ1) is 11.8. The molecule has 0 aliphatic heterocycles. The number of benzene rings is 1. The highest BCUT2D eigenvalue weighted by Crippen LogP contribution is 2.22. The van der Waals surface area contributed by atoms with E-state index in [1.54, 1.807) is 22.6 Å². The predicted octanol–water partition coefficient (Wildman–Crippen LogP) is 1.89. The van der Waals surface area contributed by atoms with Crippen LogP contribution in [0.4, 0.5) is 10.3 Å². The number of nitrogen functional groups attached to an aromatic ring is 1. The molecule has 0 aliphatic carbocycles. The van der Waals surface area contributed by atoms with Crippen molar-refractivity contribution in [3.05, 3.63) is 44.0 Å². The Labute approximate surface area is 109 Å². The van der Waals surface area contributed by atoms with Gasteiger partial charge in [-0.2, -0.15) is 4.98 Å². The number of hydrogen-bond donors (Lipinski definition) is 2. The van der Waals surface area contributed by atoms with E-state index in [0.29, 0.717) is 5.75 Å². The van der Waals surface area contributed by atoms with Crippen LogP contribution in [0.2, 0.25) is 0 Å². The van der Waals surface area contributed by atoms with E-state index < -0.39 is 0 Å². The van der Waals surface area contributed by atoms with E-state index in [9.17, 15) is 9.18 Å². The lowest BCUT2D eigenvalue weighted by Gasteiger charge is -2.06. The molecule has 0 spiro atoms. The molecule has 0 saturated carbocycles. The lowest BCUT2D eigenvalue weighted by molar-refractivity contribution is 0.456. The van der Waals surface area contributed by atoms with E-state index >= 15 is 0 Å². The van der Waals surface area contributed by atoms with E-state index in [1.165, 1.54) is 24.3 Å². The zero-order valence-electron chi connectivity index (χ0n) is 8.41. The second kappa shape index (κ2) is 4.70. The molecule has 0 saturated heterocycles. The molecule has 0 atom stereocenters. The third-order valence-corrected chi connectivity index (χ3v) is 2.83. The van der Waals surface area contributed by atoms with Gasteiger partial charge in [0.25, 0.3) is 5.56 Å². The first-order chi connectivity index (χ1) is 8.06. The molecular formula is C10H7FIN3O2. The van der Waals surface area contributed by atoms with Crippen molar-refractivity contribution in [3.8, 4) is 11.6 Å². The minimum atomic E-state index is -0.379. The second-order valence-corrected chi connectivity index (χ2v) is 4.21. The van der Waals surface area contributed by atoms with Crippen molar-refractivity contribution in [1.29, 1.82) is 0 Å². The van der Waals surface area contributed by atoms with E-state index in [2.05, 4.69) is 9.97 Å². The van der Waals surface area contributed by atoms with Gasteiger partial charge < -0.3 is 10.5 Å². The summed E-state index contributed by atoms with van der Waals surface area (Å²) in [6.45, 7) is 0. The largest absolute Gasteiger partial charge is 0.438 e. The third-order valence-electron chi connectivity index (χ3n) is 1.88. The SMILES string of the molecule is Nc1nc(Oc2ccc(F)cc2)c(I)c(=O)[nH]1. The lowest BCUT2D eigenvalue weighted by Crippen LogP contribution is -2.15. The quantitative estimate of drug-likeness (QED) is 0.813. The smallest absolute Gasteiger partial charge is 0.269 e. The molecule has 0 unspecified atom stereocenters. The van der Waals surface area contributed by atoms with Crippen LogP contribution < -0.4 is 16.0 Å². The number of H-pyrrole nitrogens is 1. The molecule has 1 aromatic carbocycles. The summed E-state index contributed by atoms with van der Waals surface area (Å²) in [6.07, 6.45) is 0. The normalized spacial score (nSPS) is 10.2. The molecule has 2 aromatic rings. The van der Waals surface area contributed by atoms with E-state index in [4.69, 9.17) is 10.5 Å². The Morgan fingerprint density at radius 3 is 2.65 bits per heavy atom. The molecule has 5 nitrogen and oxygen atoms in total. The van der Waals surface area contributed by atoms with Crippen LogP contribution in [0.1, 0.15) is 0 Å². The minimum absolute atomic E-state index is 0.0347. The molecule has 0 fully saturated rings. The van der Waals surface area contributed by atoms with Crippen LogP contribution in [-0.2, 0) is 0 Å². The molecule has 1 heterocycles. The average molecular weight is 347 g/mol. The van der Waals surface area contributed by atoms with E-state index in [1.807, 2.05) is 0 Å². The second-order valence-electron chi connectivity index (χ2n) is 3.13. The van der Waals surface area contributed by atoms with Crippen molar-refractivity contribution >= 4 is 28.5 Å². The van der Waals surface area contributed by atoms with Crippen LogP contribution >= 0.6 is 22.6 Å². The fraction of sp³-hybridized carbons (Fsp3) is 0. The molecule has 88 valence electrons. The van der Waals surface area contributed by atoms with Crippen molar-refractivity contribution in [3.63, 3.8) is 0 Å². The van der Waals surface area contributed by atoms with Crippen LogP contribution in [0.15, 0.2) is 29.1 Å². The van der Waals surface area contributed by atoms with Crippen molar-refractivity contribution in [2.75, 3.05) is 5.73 Å². The number of rotatable bonds is 2. The van der Waals surface area contributed by atoms with Gasteiger partial charge >= 0.3 is 0 Å². The maximum atomic E-state index is 12.7. The number of nitrogens with zero attached hydrogens (tertiary/aromatic N) is 1. The third kappa shape index (κ3) is 2.73. The zero-order chi connectivity index (χ0) is 12.4. The van der Waals surface area contributed by atoms with Gasteiger partial charge in [-0.15, -0.1) is 0 Å². The fourth-order valence-electron chi connectivity index (χ4n) is 1.14. The monoisotopic (exact) mass is 347 g/mol. The van der Waals surface area contributed by atoms with Gasteiger partial charge in [0.2, 0.25) is 11.8 Å². The summed E-state index contributed by atoms with van der Waals surface area (Å²) in [4.78, 5) is 17.6. The molecule has 17 heavy (non-hydrogen) atoms. The summed E-state index contributed by atoms with van der Waals surface area (Å²) < 4.78 is 18.3. The average Bonchev–Trinajstić information content (AvgIpc) is 2.28. The Morgan fingerprint density at radius 2 is 2.00 bits per heavy atom. The first-order valence-corrected chi connectivity index (χ1v) is 5.63. The number of nitrogens with one attached hydrogen (secondary N) is 1. The summed E-state index contributed by atoms with van der Waals surface area (Å²) in [6, 6.07) is 5.37. The summed E-state index contributed by atoms with van der Waals surface area (Å²) in [5.74, 6) is 0.0678. The van der Waals surface area contributed by atoms with Crippen molar-refractivity contribution in [2.45, 2.75) is 0 Å². The van der Waals surface area contributed by atoms with Gasteiger partial charge in [-0.3, -0.25) is 9.78 Å². The molecule has 2 rings (SSSR count). The van der Waals surface area contributed by atoms with Gasteiger partial charge in [-0.1, -0.05) is 0 Å². The van der Waals surface area contributed by atoms with Crippen LogP contribution in [0.3, 0.4) is 0 Å². The van der Waals surface area contributed by atoms with Gasteiger partial charge in [-0.05, 0) is 46.9 Å². The number of aromatic nitrogens is 2. The maximum Gasteiger partial charge on any atom is 0.269 e. The zero-order valence-corrected chi connectivity index (χ0v) is 10.6. The van der Waals surface area contributed by atoms with Gasteiger partial charge in [-0.25, -0.2) is 4.39 Å². The number of anilines is 1. The molecule has 0 bridgehead atoms. The summed E-state index contributed by atoms with van der Waals surface area (Å²) in [5.41, 5.74) is 5.02. The van der Waals surface area contributed by atoms with Crippen LogP contribution in [-0.4, -0.2) is 9.97 Å². The van der Waals surface area contributed by atoms with Crippen molar-refractivity contribution in [1.82, 2.24) is 9.97 Å². The van der Waals surface area contributed by atoms with E-state index in [0.717, 1.165) is 0 Å². The maximum absolute atomic E-state index is 12.7. The van der Waals surface area contributed by atoms with Crippen molar-refractivity contribution in [2.24, 2.45) is 0 Å². The molecule has 0 aliphatic rings. The highest BCUT2D eigenvalue weighted by molar-refractivity contribution is 14.1. The highest BCUT2D eigenvalue weighted by atomic mass is 127. The minimum Gasteiger partial charge on any atom is -0.438 e. The standard InChI is InChI=1S/C10H7FIN3O2/c11-5-1-3-6(4-2-5)17-9-7(12)8(16)14-10(13)15-9/h1-4H,(H3,13,14,15,16). The highest BCUT2D eigenvalue weighted by Gasteiger charge is 2.09. The Balaban J connectivity index is 2.36. The first-order valence-electron chi connectivity index (χ1n) is 4.55. The Morgan fingerprint density at radius 1 is 1.35 bits per heavy atom. The predicted molar refractivity (Wildman–Crippen MR) is 68.5 cm³/mol. The molecule has 0 radical (unpaired) electrons. The number of halogens is 2. The van der Waals surface area contributed by atoms with Crippen LogP contribution in [0.25, 0.3) is 0 Å². The van der Waals surface area contributed by atoms with Gasteiger partial charge in [0.15, 0.2) is 0 Å². The van der Waals surface area contributed by atoms with E-state index in [-0.39, 0.29) is 26.8 Å². The lowest BCUT2D eigenvalue weighted by atomic mass is 10.3. The molecule has 0 amide bonds. The van der Waals surface area contributed by atoms with Crippen molar-refractivity contribution < 1.29 is 9.13 Å². The number of hydrogen-bond acceptors (Lipinski definition) is 4. The van der Waals surface area contributed by atoms with Crippen LogP contribution in [0, 0.1) is 9.39 Å². The summed E-state index contributed by atoms with van der Waals surface area (Å²) in [5, 5.41) is 0. The molecule has 3 N–H and O–H groups in total. The Hall–Kier alpha value is -1.64. The molecular weight excluding hydrogens is 340 g/mol. The fourth-order valence-corrected chi connectivity index (χ4v) is 1.50. The number of ether oxygens (including phenoxy) is 1. The van der Waals surface area contributed by atoms with Gasteiger partial charge in [0, 0.05) is 0 Å². The number of nitrogens with two attached hydrogens (primary N) is 1.